The molecule has 4 rings (SSSR count). The predicted octanol–water partition coefficient (Wildman–Crippen LogP) is 6.58. The van der Waals surface area contributed by atoms with Crippen LogP contribution in [0.3, 0.4) is 0 Å². The van der Waals surface area contributed by atoms with Crippen LogP contribution >= 0.6 is 0 Å². The van der Waals surface area contributed by atoms with Crippen LogP contribution < -0.4 is 5.32 Å². The molecule has 55 heavy (non-hydrogen) atoms. The van der Waals surface area contributed by atoms with Gasteiger partial charge in [0.2, 0.25) is 0 Å². The highest BCUT2D eigenvalue weighted by Crippen LogP contribution is 2.42. The van der Waals surface area contributed by atoms with Gasteiger partial charge in [0.05, 0.1) is 29.9 Å². The fourth-order valence-electron chi connectivity index (χ4n) is 6.24. The largest absolute Gasteiger partial charge is 0.463 e. The van der Waals surface area contributed by atoms with Crippen LogP contribution in [0.15, 0.2) is 84.9 Å². The molecule has 0 bridgehead atoms. The van der Waals surface area contributed by atoms with E-state index in [9.17, 15) is 44.4 Å². The number of esters is 1. The van der Waals surface area contributed by atoms with Crippen LogP contribution in [-0.4, -0.2) is 68.4 Å². The first-order valence-corrected chi connectivity index (χ1v) is 17.6. The first-order valence-electron chi connectivity index (χ1n) is 17.6. The smallest absolute Gasteiger partial charge is 0.308 e. The summed E-state index contributed by atoms with van der Waals surface area (Å²) in [5.74, 6) is -1.95. The Kier molecular flexibility index (Phi) is 14.4. The summed E-state index contributed by atoms with van der Waals surface area (Å²) >= 11 is 0. The van der Waals surface area contributed by atoms with Gasteiger partial charge in [-0.25, -0.2) is 4.39 Å². The van der Waals surface area contributed by atoms with Crippen molar-refractivity contribution in [2.75, 3.05) is 18.5 Å². The number of para-hydroxylation sites is 1. The second-order valence-electron chi connectivity index (χ2n) is 14.0. The Bertz CT molecular complexity index is 1920. The van der Waals surface area contributed by atoms with Crippen molar-refractivity contribution < 1.29 is 48.8 Å². The summed E-state index contributed by atoms with van der Waals surface area (Å²) in [6.45, 7) is 5.59. The summed E-state index contributed by atoms with van der Waals surface area (Å²) in [6, 6.07) is 24.2. The number of nitrogens with one attached hydrogen (secondary N) is 1. The molecular weight excluding hydrogens is 719 g/mol. The molecule has 0 aliphatic rings. The molecule has 1 aromatic heterocycles. The molecule has 15 nitrogen and oxygen atoms in total. The highest BCUT2D eigenvalue weighted by Gasteiger charge is 2.36. The van der Waals surface area contributed by atoms with Crippen molar-refractivity contribution >= 4 is 17.6 Å². The number of anilines is 1. The van der Waals surface area contributed by atoms with Gasteiger partial charge in [0.15, 0.2) is 0 Å². The fraction of sp³-hybridized carbons (Fsp3) is 0.385. The van der Waals surface area contributed by atoms with E-state index >= 15 is 0 Å². The van der Waals surface area contributed by atoms with E-state index in [4.69, 9.17) is 4.74 Å². The first-order chi connectivity index (χ1) is 26.1. The molecule has 3 N–H and O–H groups in total. The van der Waals surface area contributed by atoms with Crippen molar-refractivity contribution in [1.29, 1.82) is 0 Å². The second-order valence-corrected chi connectivity index (χ2v) is 14.0. The number of nitrogens with zero attached hydrogens (tertiary/aromatic N) is 3. The highest BCUT2D eigenvalue weighted by molar-refractivity contribution is 6.12. The molecule has 0 fully saturated rings. The highest BCUT2D eigenvalue weighted by atomic mass is 19.1. The summed E-state index contributed by atoms with van der Waals surface area (Å²) < 4.78 is 21.3. The lowest BCUT2D eigenvalue weighted by molar-refractivity contribution is -0.780. The zero-order valence-electron chi connectivity index (χ0n) is 30.9. The van der Waals surface area contributed by atoms with Crippen LogP contribution in [0, 0.1) is 31.5 Å². The first kappa shape index (κ1) is 41.9. The fourth-order valence-corrected chi connectivity index (χ4v) is 6.24. The zero-order chi connectivity index (χ0) is 40.3. The lowest BCUT2D eigenvalue weighted by Crippen LogP contribution is -2.42. The van der Waals surface area contributed by atoms with Crippen molar-refractivity contribution in [3.8, 4) is 22.4 Å². The lowest BCUT2D eigenvalue weighted by atomic mass is 9.88. The Labute approximate surface area is 316 Å². The number of amides is 1. The van der Waals surface area contributed by atoms with Gasteiger partial charge in [0.25, 0.3) is 16.1 Å². The van der Waals surface area contributed by atoms with E-state index in [1.54, 1.807) is 24.3 Å². The number of hydrogen-bond acceptors (Lipinski definition) is 11. The molecule has 3 atom stereocenters. The Morgan fingerprint density at radius 1 is 0.891 bits per heavy atom. The van der Waals surface area contributed by atoms with Crippen molar-refractivity contribution in [3.05, 3.63) is 122 Å². The van der Waals surface area contributed by atoms with E-state index in [-0.39, 0.29) is 31.2 Å². The molecule has 1 heterocycles. The van der Waals surface area contributed by atoms with Gasteiger partial charge in [-0.3, -0.25) is 9.59 Å². The van der Waals surface area contributed by atoms with Gasteiger partial charge in [-0.2, -0.15) is 0 Å². The molecule has 3 aromatic carbocycles. The van der Waals surface area contributed by atoms with Gasteiger partial charge < -0.3 is 34.5 Å². The number of benzene rings is 3. The Balaban J connectivity index is 1.58. The molecule has 0 saturated heterocycles. The maximum absolute atomic E-state index is 14.2. The van der Waals surface area contributed by atoms with Crippen LogP contribution in [0.2, 0.25) is 0 Å². The van der Waals surface area contributed by atoms with Crippen LogP contribution in [0.4, 0.5) is 10.1 Å². The molecule has 0 spiro atoms. The van der Waals surface area contributed by atoms with E-state index in [0.29, 0.717) is 33.8 Å². The number of carbonyl (C=O) groups excluding carboxylic acids is 2. The Hall–Kier alpha value is -5.87. The van der Waals surface area contributed by atoms with Gasteiger partial charge in [-0.05, 0) is 66.3 Å². The van der Waals surface area contributed by atoms with Crippen LogP contribution in [0.25, 0.3) is 22.4 Å². The molecule has 16 heteroatoms. The normalized spacial score (nSPS) is 13.1. The molecule has 0 radical (unpaired) electrons. The number of hydrogen-bond donors (Lipinski definition) is 3. The van der Waals surface area contributed by atoms with Crippen molar-refractivity contribution in [3.63, 3.8) is 0 Å². The third-order valence-electron chi connectivity index (χ3n) is 8.94. The molecule has 294 valence electrons. The maximum Gasteiger partial charge on any atom is 0.308 e. The van der Waals surface area contributed by atoms with Crippen molar-refractivity contribution in [2.24, 2.45) is 5.41 Å². The third kappa shape index (κ3) is 11.6. The van der Waals surface area contributed by atoms with Crippen LogP contribution in [-0.2, 0) is 25.8 Å². The van der Waals surface area contributed by atoms with E-state index < -0.39 is 65.3 Å². The summed E-state index contributed by atoms with van der Waals surface area (Å²) in [4.78, 5) is 57.5. The third-order valence-corrected chi connectivity index (χ3v) is 8.94. The number of carbonyl (C=O) groups is 2. The number of rotatable bonds is 20. The molecule has 1 unspecified atom stereocenters. The molecule has 0 aliphatic carbocycles. The SMILES string of the molecule is CC(C)c1c(C(=O)Nc2ccccc2)c(-c2ccccc2)c(-c2ccc(F)cc2)n1CC[C@@H](O)C[C@@H](O)CC(=O)OCC(O[N+](=O)[O-])C(C)(C)CO[N+](=O)[O-]. The number of aliphatic hydroxyl groups excluding tert-OH is 2. The molecule has 1 amide bonds. The molecular formula is C39H45FN4O11. The number of halogens is 1. The number of ether oxygens (including phenoxy) is 1. The minimum Gasteiger partial charge on any atom is -0.463 e. The maximum atomic E-state index is 14.2. The summed E-state index contributed by atoms with van der Waals surface area (Å²) in [5, 5.41) is 44.4. The van der Waals surface area contributed by atoms with E-state index in [2.05, 4.69) is 15.0 Å². The topological polar surface area (TPSA) is 206 Å². The minimum atomic E-state index is -1.43. The van der Waals surface area contributed by atoms with Gasteiger partial charge in [0.1, 0.15) is 25.1 Å². The van der Waals surface area contributed by atoms with Gasteiger partial charge in [-0.15, -0.1) is 20.2 Å². The Morgan fingerprint density at radius 3 is 2.09 bits per heavy atom. The van der Waals surface area contributed by atoms with Gasteiger partial charge in [-0.1, -0.05) is 76.2 Å². The minimum absolute atomic E-state index is 0.0755. The summed E-state index contributed by atoms with van der Waals surface area (Å²) in [5.41, 5.74) is 2.97. The van der Waals surface area contributed by atoms with Crippen LogP contribution in [0.5, 0.6) is 0 Å². The molecule has 4 aromatic rings. The average molecular weight is 765 g/mol. The van der Waals surface area contributed by atoms with E-state index in [1.807, 2.05) is 66.9 Å². The quantitative estimate of drug-likeness (QED) is 0.0498. The van der Waals surface area contributed by atoms with Crippen LogP contribution in [0.1, 0.15) is 68.9 Å². The summed E-state index contributed by atoms with van der Waals surface area (Å²) in [7, 11) is 0. The summed E-state index contributed by atoms with van der Waals surface area (Å²) in [6.07, 6.45) is -4.69. The zero-order valence-corrected chi connectivity index (χ0v) is 30.9. The Morgan fingerprint density at radius 2 is 1.51 bits per heavy atom. The van der Waals surface area contributed by atoms with Gasteiger partial charge in [0, 0.05) is 28.9 Å². The predicted molar refractivity (Wildman–Crippen MR) is 199 cm³/mol. The number of aliphatic hydroxyl groups is 2. The van der Waals surface area contributed by atoms with E-state index in [1.165, 1.54) is 26.0 Å². The second kappa shape index (κ2) is 18.9. The molecule has 0 aliphatic heterocycles. The number of aromatic nitrogens is 1. The van der Waals surface area contributed by atoms with Crippen molar-refractivity contribution in [2.45, 2.75) is 77.7 Å². The monoisotopic (exact) mass is 764 g/mol. The average Bonchev–Trinajstić information content (AvgIpc) is 3.48. The van der Waals surface area contributed by atoms with Crippen molar-refractivity contribution in [1.82, 2.24) is 4.57 Å². The standard InChI is InChI=1S/C39H45FN4O11/c1-25(2)36-35(38(48)41-29-13-9-6-10-14-29)34(26-11-7-5-8-12-26)37(27-15-17-28(40)18-16-27)42(36)20-19-30(45)21-31(46)22-33(47)53-23-32(55-44(51)52)39(3,4)24-54-43(49)50/h5-18,25,30-32,45-46H,19-24H2,1-4H3,(H,41,48)/t30-,31-,32?/m1/s1. The lowest BCUT2D eigenvalue weighted by Gasteiger charge is -2.30. The molecule has 0 saturated carbocycles. The van der Waals surface area contributed by atoms with Gasteiger partial charge >= 0.3 is 5.97 Å². The van der Waals surface area contributed by atoms with E-state index in [0.717, 1.165) is 5.56 Å².